The van der Waals surface area contributed by atoms with Crippen LogP contribution in [0.1, 0.15) is 10.4 Å². The van der Waals surface area contributed by atoms with Crippen LogP contribution in [0.4, 0.5) is 0 Å². The zero-order chi connectivity index (χ0) is 10.7. The monoisotopic (exact) mass is 338 g/mol. The SMILES string of the molecule is O=C(NN1CCOCC1)c1csc(I)c1. The second kappa shape index (κ2) is 5.24. The zero-order valence-corrected chi connectivity index (χ0v) is 11.0. The molecule has 1 aromatic heterocycles. The Labute approximate surface area is 106 Å². The van der Waals surface area contributed by atoms with E-state index in [0.29, 0.717) is 13.2 Å². The van der Waals surface area contributed by atoms with Crippen molar-refractivity contribution < 1.29 is 9.53 Å². The fourth-order valence-corrected chi connectivity index (χ4v) is 2.64. The molecular formula is C9H11IN2O2S. The molecule has 15 heavy (non-hydrogen) atoms. The number of amides is 1. The number of carbonyl (C=O) groups is 1. The van der Waals surface area contributed by atoms with Crippen molar-refractivity contribution in [1.82, 2.24) is 10.4 Å². The molecule has 1 aliphatic rings. The number of hydrogen-bond acceptors (Lipinski definition) is 4. The molecule has 0 spiro atoms. The van der Waals surface area contributed by atoms with Crippen LogP contribution in [0.15, 0.2) is 11.4 Å². The lowest BCUT2D eigenvalue weighted by Crippen LogP contribution is -2.48. The number of ether oxygens (including phenoxy) is 1. The number of nitrogens with one attached hydrogen (secondary N) is 1. The van der Waals surface area contributed by atoms with Crippen molar-refractivity contribution in [2.24, 2.45) is 0 Å². The third-order valence-corrected chi connectivity index (χ3v) is 3.89. The highest BCUT2D eigenvalue weighted by Crippen LogP contribution is 2.16. The fraction of sp³-hybridized carbons (Fsp3) is 0.444. The van der Waals surface area contributed by atoms with Crippen LogP contribution in [0.2, 0.25) is 0 Å². The number of halogens is 1. The van der Waals surface area contributed by atoms with Crippen LogP contribution in [0.5, 0.6) is 0 Å². The molecule has 1 aromatic rings. The van der Waals surface area contributed by atoms with Crippen molar-refractivity contribution in [3.8, 4) is 0 Å². The smallest absolute Gasteiger partial charge is 0.266 e. The molecule has 2 heterocycles. The van der Waals surface area contributed by atoms with Crippen molar-refractivity contribution >= 4 is 39.8 Å². The lowest BCUT2D eigenvalue weighted by molar-refractivity contribution is 0.0126. The standard InChI is InChI=1S/C9H11IN2O2S/c10-8-5-7(6-15-8)9(13)11-12-1-3-14-4-2-12/h5-6H,1-4H2,(H,11,13). The van der Waals surface area contributed by atoms with E-state index in [2.05, 4.69) is 28.0 Å². The summed E-state index contributed by atoms with van der Waals surface area (Å²) >= 11 is 3.79. The van der Waals surface area contributed by atoms with E-state index < -0.39 is 0 Å². The van der Waals surface area contributed by atoms with Crippen molar-refractivity contribution in [2.45, 2.75) is 0 Å². The lowest BCUT2D eigenvalue weighted by atomic mass is 10.3. The average molecular weight is 338 g/mol. The van der Waals surface area contributed by atoms with Gasteiger partial charge in [-0.3, -0.25) is 10.2 Å². The summed E-state index contributed by atoms with van der Waals surface area (Å²) in [5, 5.41) is 3.77. The summed E-state index contributed by atoms with van der Waals surface area (Å²) in [6.07, 6.45) is 0. The predicted octanol–water partition coefficient (Wildman–Crippen LogP) is 1.33. The highest BCUT2D eigenvalue weighted by molar-refractivity contribution is 14.1. The maximum atomic E-state index is 11.7. The van der Waals surface area contributed by atoms with Crippen molar-refractivity contribution in [3.05, 3.63) is 19.9 Å². The van der Waals surface area contributed by atoms with E-state index in [4.69, 9.17) is 4.74 Å². The summed E-state index contributed by atoms with van der Waals surface area (Å²) in [5.74, 6) is -0.0314. The molecule has 0 unspecified atom stereocenters. The number of morpholine rings is 1. The Morgan fingerprint density at radius 3 is 2.87 bits per heavy atom. The molecule has 0 atom stereocenters. The van der Waals surface area contributed by atoms with Crippen LogP contribution in [-0.4, -0.2) is 37.2 Å². The van der Waals surface area contributed by atoms with Gasteiger partial charge in [-0.15, -0.1) is 11.3 Å². The molecule has 2 rings (SSSR count). The normalized spacial score (nSPS) is 17.7. The summed E-state index contributed by atoms with van der Waals surface area (Å²) in [5.41, 5.74) is 3.60. The van der Waals surface area contributed by atoms with Crippen molar-refractivity contribution in [3.63, 3.8) is 0 Å². The summed E-state index contributed by atoms with van der Waals surface area (Å²) in [4.78, 5) is 11.7. The van der Waals surface area contributed by atoms with Gasteiger partial charge in [0.05, 0.1) is 21.7 Å². The highest BCUT2D eigenvalue weighted by atomic mass is 127. The summed E-state index contributed by atoms with van der Waals surface area (Å²) in [7, 11) is 0. The molecule has 6 heteroatoms. The van der Waals surface area contributed by atoms with Crippen LogP contribution >= 0.6 is 33.9 Å². The maximum absolute atomic E-state index is 11.7. The number of thiophene rings is 1. The molecule has 1 amide bonds. The predicted molar refractivity (Wildman–Crippen MR) is 66.9 cm³/mol. The van der Waals surface area contributed by atoms with Crippen LogP contribution in [0, 0.1) is 2.88 Å². The van der Waals surface area contributed by atoms with E-state index in [9.17, 15) is 4.79 Å². The van der Waals surface area contributed by atoms with E-state index in [1.165, 1.54) is 0 Å². The van der Waals surface area contributed by atoms with Gasteiger partial charge in [-0.2, -0.15) is 0 Å². The van der Waals surface area contributed by atoms with Gasteiger partial charge >= 0.3 is 0 Å². The first-order chi connectivity index (χ1) is 7.25. The molecule has 0 aromatic carbocycles. The second-order valence-electron chi connectivity index (χ2n) is 3.18. The van der Waals surface area contributed by atoms with Gasteiger partial charge in [0.15, 0.2) is 0 Å². The number of carbonyl (C=O) groups excluding carboxylic acids is 1. The molecular weight excluding hydrogens is 327 g/mol. The Morgan fingerprint density at radius 2 is 2.27 bits per heavy atom. The minimum absolute atomic E-state index is 0.0314. The molecule has 4 nitrogen and oxygen atoms in total. The molecule has 82 valence electrons. The van der Waals surface area contributed by atoms with Gasteiger partial charge in [-0.25, -0.2) is 5.01 Å². The summed E-state index contributed by atoms with van der Waals surface area (Å²) in [6, 6.07) is 1.89. The van der Waals surface area contributed by atoms with Gasteiger partial charge in [0.2, 0.25) is 0 Å². The fourth-order valence-electron chi connectivity index (χ4n) is 1.31. The number of rotatable bonds is 2. The molecule has 0 radical (unpaired) electrons. The molecule has 1 fully saturated rings. The van der Waals surface area contributed by atoms with Crippen LogP contribution in [-0.2, 0) is 4.74 Å². The van der Waals surface area contributed by atoms with E-state index in [-0.39, 0.29) is 5.91 Å². The van der Waals surface area contributed by atoms with E-state index >= 15 is 0 Å². The van der Waals surface area contributed by atoms with Gasteiger partial charge in [-0.05, 0) is 28.7 Å². The van der Waals surface area contributed by atoms with Gasteiger partial charge in [0.25, 0.3) is 5.91 Å². The van der Waals surface area contributed by atoms with Gasteiger partial charge in [0, 0.05) is 18.5 Å². The number of hydrogen-bond donors (Lipinski definition) is 1. The Bertz CT molecular complexity index is 350. The Hall–Kier alpha value is -0.180. The molecule has 1 aliphatic heterocycles. The molecule has 0 bridgehead atoms. The summed E-state index contributed by atoms with van der Waals surface area (Å²) in [6.45, 7) is 2.88. The second-order valence-corrected chi connectivity index (χ2v) is 5.99. The van der Waals surface area contributed by atoms with Crippen LogP contribution < -0.4 is 5.43 Å². The number of nitrogens with zero attached hydrogens (tertiary/aromatic N) is 1. The minimum Gasteiger partial charge on any atom is -0.379 e. The first-order valence-corrected chi connectivity index (χ1v) is 6.59. The lowest BCUT2D eigenvalue weighted by Gasteiger charge is -2.26. The topological polar surface area (TPSA) is 41.6 Å². The third-order valence-electron chi connectivity index (χ3n) is 2.10. The largest absolute Gasteiger partial charge is 0.379 e. The summed E-state index contributed by atoms with van der Waals surface area (Å²) < 4.78 is 6.32. The quantitative estimate of drug-likeness (QED) is 0.828. The number of hydrazine groups is 1. The Balaban J connectivity index is 1.91. The zero-order valence-electron chi connectivity index (χ0n) is 8.03. The van der Waals surface area contributed by atoms with E-state index in [1.807, 2.05) is 16.5 Å². The first kappa shape index (κ1) is 11.3. The molecule has 1 saturated heterocycles. The minimum atomic E-state index is -0.0314. The highest BCUT2D eigenvalue weighted by Gasteiger charge is 2.14. The van der Waals surface area contributed by atoms with Crippen molar-refractivity contribution in [1.29, 1.82) is 0 Å². The average Bonchev–Trinajstić information content (AvgIpc) is 2.66. The third kappa shape index (κ3) is 3.13. The van der Waals surface area contributed by atoms with Gasteiger partial charge in [0.1, 0.15) is 0 Å². The molecule has 0 aliphatic carbocycles. The Morgan fingerprint density at radius 1 is 1.53 bits per heavy atom. The van der Waals surface area contributed by atoms with E-state index in [1.54, 1.807) is 11.3 Å². The molecule has 0 saturated carbocycles. The Kier molecular flexibility index (Phi) is 3.95. The van der Waals surface area contributed by atoms with E-state index in [0.717, 1.165) is 21.5 Å². The van der Waals surface area contributed by atoms with Crippen LogP contribution in [0.3, 0.4) is 0 Å². The van der Waals surface area contributed by atoms with Gasteiger partial charge in [-0.1, -0.05) is 0 Å². The first-order valence-electron chi connectivity index (χ1n) is 4.63. The maximum Gasteiger partial charge on any atom is 0.266 e. The van der Waals surface area contributed by atoms with Crippen LogP contribution in [0.25, 0.3) is 0 Å². The van der Waals surface area contributed by atoms with Gasteiger partial charge < -0.3 is 4.74 Å². The van der Waals surface area contributed by atoms with Crippen molar-refractivity contribution in [2.75, 3.05) is 26.3 Å². The molecule has 1 N–H and O–H groups in total.